The van der Waals surface area contributed by atoms with Crippen molar-refractivity contribution in [2.75, 3.05) is 19.6 Å². The first-order valence-corrected chi connectivity index (χ1v) is 10.6. The maximum Gasteiger partial charge on any atom is 0.401 e. The van der Waals surface area contributed by atoms with E-state index < -0.39 is 12.7 Å². The van der Waals surface area contributed by atoms with Gasteiger partial charge in [-0.15, -0.1) is 0 Å². The van der Waals surface area contributed by atoms with Crippen LogP contribution in [-0.4, -0.2) is 48.8 Å². The van der Waals surface area contributed by atoms with Crippen LogP contribution in [0.25, 0.3) is 0 Å². The predicted octanol–water partition coefficient (Wildman–Crippen LogP) is 3.76. The van der Waals surface area contributed by atoms with Gasteiger partial charge in [0.05, 0.1) is 12.5 Å². The maximum atomic E-state index is 12.9. The molecule has 0 aromatic heterocycles. The van der Waals surface area contributed by atoms with E-state index in [0.717, 1.165) is 24.8 Å². The highest BCUT2D eigenvalue weighted by Gasteiger charge is 2.52. The maximum absolute atomic E-state index is 12.9. The molecular weight excluding hydrogens is 381 g/mol. The largest absolute Gasteiger partial charge is 0.461 e. The van der Waals surface area contributed by atoms with Gasteiger partial charge in [-0.05, 0) is 62.6 Å². The first-order chi connectivity index (χ1) is 13.9. The number of fused-ring (bicyclic) bond motifs is 2. The Balaban J connectivity index is 1.31. The highest BCUT2D eigenvalue weighted by atomic mass is 19.4. The van der Waals surface area contributed by atoms with Crippen molar-refractivity contribution in [1.29, 1.82) is 0 Å². The number of piperidine rings is 1. The molecule has 7 heteroatoms. The highest BCUT2D eigenvalue weighted by Crippen LogP contribution is 2.49. The number of ether oxygens (including phenoxy) is 1. The topological polar surface area (TPSA) is 41.6 Å². The van der Waals surface area contributed by atoms with Gasteiger partial charge in [0, 0.05) is 12.1 Å². The molecule has 2 saturated carbocycles. The van der Waals surface area contributed by atoms with Crippen LogP contribution < -0.4 is 5.32 Å². The second kappa shape index (κ2) is 8.64. The van der Waals surface area contributed by atoms with Gasteiger partial charge in [0.25, 0.3) is 0 Å². The fourth-order valence-electron chi connectivity index (χ4n) is 5.48. The zero-order valence-electron chi connectivity index (χ0n) is 16.5. The van der Waals surface area contributed by atoms with E-state index in [2.05, 4.69) is 5.32 Å². The first-order valence-electron chi connectivity index (χ1n) is 10.6. The fraction of sp³-hybridized carbons (Fsp3) is 0.682. The lowest BCUT2D eigenvalue weighted by Gasteiger charge is -2.38. The van der Waals surface area contributed by atoms with Gasteiger partial charge in [-0.3, -0.25) is 9.69 Å². The molecule has 4 unspecified atom stereocenters. The number of rotatable bonds is 6. The molecule has 160 valence electrons. The van der Waals surface area contributed by atoms with E-state index in [1.165, 1.54) is 4.90 Å². The van der Waals surface area contributed by atoms with Crippen molar-refractivity contribution < 1.29 is 22.7 Å². The Bertz CT molecular complexity index is 689. The summed E-state index contributed by atoms with van der Waals surface area (Å²) in [7, 11) is 0. The summed E-state index contributed by atoms with van der Waals surface area (Å²) >= 11 is 0. The van der Waals surface area contributed by atoms with Crippen molar-refractivity contribution in [3.8, 4) is 0 Å². The molecule has 2 bridgehead atoms. The number of alkyl halides is 3. The average Bonchev–Trinajstić information content (AvgIpc) is 3.29. The third-order valence-corrected chi connectivity index (χ3v) is 6.83. The van der Waals surface area contributed by atoms with Gasteiger partial charge in [-0.1, -0.05) is 30.3 Å². The molecule has 0 amide bonds. The number of likely N-dealkylation sites (tertiary alicyclic amines) is 1. The minimum Gasteiger partial charge on any atom is -0.461 e. The number of hydrogen-bond acceptors (Lipinski definition) is 4. The van der Waals surface area contributed by atoms with E-state index in [-0.39, 0.29) is 30.6 Å². The Morgan fingerprint density at radius 1 is 1.07 bits per heavy atom. The number of carbonyl (C=O) groups is 1. The van der Waals surface area contributed by atoms with E-state index in [1.807, 2.05) is 30.3 Å². The second-order valence-corrected chi connectivity index (χ2v) is 8.81. The SMILES string of the molecule is O=C(OCc1ccccc1)C1C2CCC(C2)C1NC1CCN(CC(F)(F)F)CC1. The van der Waals surface area contributed by atoms with Crippen LogP contribution in [0.1, 0.15) is 37.7 Å². The number of benzene rings is 1. The molecule has 1 aromatic rings. The van der Waals surface area contributed by atoms with Gasteiger partial charge in [-0.25, -0.2) is 0 Å². The Kier molecular flexibility index (Phi) is 6.16. The zero-order valence-corrected chi connectivity index (χ0v) is 16.5. The summed E-state index contributed by atoms with van der Waals surface area (Å²) in [6, 6.07) is 9.94. The number of carbonyl (C=O) groups excluding carboxylic acids is 1. The monoisotopic (exact) mass is 410 g/mol. The summed E-state index contributed by atoms with van der Waals surface area (Å²) in [5, 5.41) is 3.65. The molecule has 1 saturated heterocycles. The Hall–Kier alpha value is -1.60. The van der Waals surface area contributed by atoms with Crippen molar-refractivity contribution in [2.24, 2.45) is 17.8 Å². The summed E-state index contributed by atoms with van der Waals surface area (Å²) in [4.78, 5) is 14.4. The van der Waals surface area contributed by atoms with Crippen LogP contribution in [0.3, 0.4) is 0 Å². The van der Waals surface area contributed by atoms with E-state index in [4.69, 9.17) is 4.74 Å². The van der Waals surface area contributed by atoms with Crippen LogP contribution in [0.4, 0.5) is 13.2 Å². The van der Waals surface area contributed by atoms with Gasteiger partial charge in [0.2, 0.25) is 0 Å². The summed E-state index contributed by atoms with van der Waals surface area (Å²) in [6.45, 7) is 0.348. The third-order valence-electron chi connectivity index (χ3n) is 6.83. The van der Waals surface area contributed by atoms with Gasteiger partial charge < -0.3 is 10.1 Å². The highest BCUT2D eigenvalue weighted by molar-refractivity contribution is 5.74. The van der Waals surface area contributed by atoms with Crippen molar-refractivity contribution in [1.82, 2.24) is 10.2 Å². The van der Waals surface area contributed by atoms with Crippen molar-refractivity contribution in [3.63, 3.8) is 0 Å². The van der Waals surface area contributed by atoms with Gasteiger partial charge in [0.1, 0.15) is 6.61 Å². The Morgan fingerprint density at radius 3 is 2.45 bits per heavy atom. The van der Waals surface area contributed by atoms with Gasteiger partial charge in [0.15, 0.2) is 0 Å². The number of halogens is 3. The van der Waals surface area contributed by atoms with Crippen LogP contribution in [-0.2, 0) is 16.1 Å². The third kappa shape index (κ3) is 5.12. The molecule has 1 aliphatic heterocycles. The number of nitrogens with zero attached hydrogens (tertiary/aromatic N) is 1. The van der Waals surface area contributed by atoms with Crippen molar-refractivity contribution in [2.45, 2.75) is 57.0 Å². The van der Waals surface area contributed by atoms with Crippen molar-refractivity contribution in [3.05, 3.63) is 35.9 Å². The molecular formula is C22H29F3N2O2. The van der Waals surface area contributed by atoms with Gasteiger partial charge in [-0.2, -0.15) is 13.2 Å². The molecule has 3 fully saturated rings. The lowest BCUT2D eigenvalue weighted by atomic mass is 9.83. The Labute approximate surface area is 169 Å². The number of nitrogens with one attached hydrogen (secondary N) is 1. The lowest BCUT2D eigenvalue weighted by molar-refractivity contribution is -0.153. The number of esters is 1. The Morgan fingerprint density at radius 2 is 1.76 bits per heavy atom. The molecule has 1 heterocycles. The summed E-state index contributed by atoms with van der Waals surface area (Å²) in [5.74, 6) is 0.576. The summed E-state index contributed by atoms with van der Waals surface area (Å²) < 4.78 is 43.4. The molecule has 3 aliphatic rings. The predicted molar refractivity (Wildman–Crippen MR) is 103 cm³/mol. The standard InChI is InChI=1S/C22H29F3N2O2/c23-22(24,25)14-27-10-8-18(9-11-27)26-20-17-7-6-16(12-17)19(20)21(28)29-13-15-4-2-1-3-5-15/h1-5,16-20,26H,6-14H2. The molecule has 4 atom stereocenters. The van der Waals surface area contributed by atoms with Crippen molar-refractivity contribution >= 4 is 5.97 Å². The molecule has 0 radical (unpaired) electrons. The lowest BCUT2D eigenvalue weighted by Crippen LogP contribution is -2.52. The van der Waals surface area contributed by atoms with Crippen LogP contribution in [0, 0.1) is 17.8 Å². The minimum atomic E-state index is -4.14. The first kappa shape index (κ1) is 20.7. The molecule has 1 N–H and O–H groups in total. The fourth-order valence-corrected chi connectivity index (χ4v) is 5.48. The summed E-state index contributed by atoms with van der Waals surface area (Å²) in [6.07, 6.45) is 0.482. The molecule has 29 heavy (non-hydrogen) atoms. The second-order valence-electron chi connectivity index (χ2n) is 8.81. The van der Waals surface area contributed by atoms with E-state index in [1.54, 1.807) is 0 Å². The van der Waals surface area contributed by atoms with E-state index in [9.17, 15) is 18.0 Å². The smallest absolute Gasteiger partial charge is 0.401 e. The normalized spacial score (nSPS) is 30.6. The van der Waals surface area contributed by atoms with Gasteiger partial charge >= 0.3 is 12.1 Å². The average molecular weight is 410 g/mol. The van der Waals surface area contributed by atoms with Crippen LogP contribution in [0.2, 0.25) is 0 Å². The quantitative estimate of drug-likeness (QED) is 0.725. The van der Waals surface area contributed by atoms with E-state index >= 15 is 0 Å². The van der Waals surface area contributed by atoms with E-state index in [0.29, 0.717) is 37.8 Å². The van der Waals surface area contributed by atoms with Crippen LogP contribution in [0.15, 0.2) is 30.3 Å². The number of hydrogen-bond donors (Lipinski definition) is 1. The zero-order chi connectivity index (χ0) is 20.4. The molecule has 0 spiro atoms. The van der Waals surface area contributed by atoms with Crippen LogP contribution in [0.5, 0.6) is 0 Å². The molecule has 1 aromatic carbocycles. The molecule has 4 rings (SSSR count). The summed E-state index contributed by atoms with van der Waals surface area (Å²) in [5.41, 5.74) is 0.977. The van der Waals surface area contributed by atoms with Crippen LogP contribution >= 0.6 is 0 Å². The molecule has 2 aliphatic carbocycles. The molecule has 4 nitrogen and oxygen atoms in total. The minimum absolute atomic E-state index is 0.0937.